The minimum absolute atomic E-state index is 0.0832. The first-order valence-electron chi connectivity index (χ1n) is 33.7. The van der Waals surface area contributed by atoms with E-state index in [0.717, 1.165) is 115 Å². The van der Waals surface area contributed by atoms with Gasteiger partial charge in [-0.2, -0.15) is 0 Å². The van der Waals surface area contributed by atoms with Crippen LogP contribution in [0.15, 0.2) is 24.3 Å². The number of rotatable bonds is 62. The number of aliphatic hydroxyl groups is 1. The zero-order chi connectivity index (χ0) is 63.1. The van der Waals surface area contributed by atoms with Crippen LogP contribution in [0, 0.1) is 17.8 Å². The van der Waals surface area contributed by atoms with Crippen LogP contribution in [0.3, 0.4) is 0 Å². The van der Waals surface area contributed by atoms with Gasteiger partial charge in [-0.15, -0.1) is 0 Å². The molecule has 0 fully saturated rings. The number of phosphoric acid groups is 2. The Morgan fingerprint density at radius 2 is 0.635 bits per heavy atom. The maximum Gasteiger partial charge on any atom is 0.472 e. The number of carbonyl (C=O) groups excluding carboxylic acids is 4. The highest BCUT2D eigenvalue weighted by Crippen LogP contribution is 2.45. The molecule has 0 saturated carbocycles. The highest BCUT2D eigenvalue weighted by atomic mass is 31.2. The first-order valence-corrected chi connectivity index (χ1v) is 36.7. The lowest BCUT2D eigenvalue weighted by molar-refractivity contribution is -0.161. The van der Waals surface area contributed by atoms with Gasteiger partial charge in [-0.05, 0) is 69.1 Å². The van der Waals surface area contributed by atoms with Gasteiger partial charge in [0.15, 0.2) is 12.2 Å². The molecule has 0 aromatic heterocycles. The van der Waals surface area contributed by atoms with Gasteiger partial charge in [0, 0.05) is 25.7 Å². The van der Waals surface area contributed by atoms with Crippen LogP contribution in [0.5, 0.6) is 0 Å². The van der Waals surface area contributed by atoms with Crippen LogP contribution in [0.2, 0.25) is 0 Å². The Hall–Kier alpha value is -2.46. The summed E-state index contributed by atoms with van der Waals surface area (Å²) >= 11 is 0. The van der Waals surface area contributed by atoms with Gasteiger partial charge < -0.3 is 33.8 Å². The Balaban J connectivity index is 5.26. The van der Waals surface area contributed by atoms with E-state index in [1.54, 1.807) is 0 Å². The Morgan fingerprint density at radius 1 is 0.365 bits per heavy atom. The molecule has 3 N–H and O–H groups in total. The summed E-state index contributed by atoms with van der Waals surface area (Å²) in [7, 11) is -9.90. The molecule has 0 bridgehead atoms. The van der Waals surface area contributed by atoms with E-state index >= 15 is 0 Å². The van der Waals surface area contributed by atoms with Crippen molar-refractivity contribution in [1.29, 1.82) is 0 Å². The van der Waals surface area contributed by atoms with E-state index < -0.39 is 97.5 Å². The average Bonchev–Trinajstić information content (AvgIpc) is 3.56. The summed E-state index contributed by atoms with van der Waals surface area (Å²) in [5.41, 5.74) is 0. The largest absolute Gasteiger partial charge is 0.472 e. The van der Waals surface area contributed by atoms with Crippen molar-refractivity contribution in [2.24, 2.45) is 17.8 Å². The zero-order valence-corrected chi connectivity index (χ0v) is 56.3. The van der Waals surface area contributed by atoms with E-state index in [-0.39, 0.29) is 25.7 Å². The monoisotopic (exact) mass is 1250 g/mol. The number of hydrogen-bond acceptors (Lipinski definition) is 15. The summed E-state index contributed by atoms with van der Waals surface area (Å²) < 4.78 is 68.0. The second kappa shape index (κ2) is 56.8. The Bertz CT molecular complexity index is 1770. The van der Waals surface area contributed by atoms with Crippen LogP contribution < -0.4 is 0 Å². The molecule has 5 atom stereocenters. The minimum atomic E-state index is -4.95. The molecule has 0 aliphatic carbocycles. The van der Waals surface area contributed by atoms with Crippen molar-refractivity contribution in [2.75, 3.05) is 39.6 Å². The van der Waals surface area contributed by atoms with Gasteiger partial charge in [-0.3, -0.25) is 37.3 Å². The molecule has 0 aromatic carbocycles. The second-order valence-electron chi connectivity index (χ2n) is 24.6. The highest BCUT2D eigenvalue weighted by molar-refractivity contribution is 7.47. The van der Waals surface area contributed by atoms with E-state index in [4.69, 9.17) is 37.0 Å². The van der Waals surface area contributed by atoms with Gasteiger partial charge in [0.2, 0.25) is 0 Å². The molecule has 500 valence electrons. The van der Waals surface area contributed by atoms with Gasteiger partial charge in [0.1, 0.15) is 19.3 Å². The van der Waals surface area contributed by atoms with E-state index in [2.05, 4.69) is 72.8 Å². The lowest BCUT2D eigenvalue weighted by Gasteiger charge is -2.21. The fourth-order valence-electron chi connectivity index (χ4n) is 9.29. The quantitative estimate of drug-likeness (QED) is 0.0169. The number of unbranched alkanes of at least 4 members (excludes halogenated alkanes) is 27. The van der Waals surface area contributed by atoms with E-state index in [1.807, 2.05) is 0 Å². The van der Waals surface area contributed by atoms with Gasteiger partial charge in [-0.1, -0.05) is 246 Å². The molecule has 0 radical (unpaired) electrons. The first-order chi connectivity index (χ1) is 40.7. The maximum atomic E-state index is 13.0. The van der Waals surface area contributed by atoms with E-state index in [0.29, 0.717) is 37.5 Å². The molecule has 0 rings (SSSR count). The molecule has 0 aromatic rings. The molecule has 19 heteroatoms. The fraction of sp³-hybridized carbons (Fsp3) is 0.879. The lowest BCUT2D eigenvalue weighted by Crippen LogP contribution is -2.30. The van der Waals surface area contributed by atoms with Crippen molar-refractivity contribution in [3.05, 3.63) is 24.3 Å². The van der Waals surface area contributed by atoms with Crippen LogP contribution in [0.4, 0.5) is 0 Å². The number of esters is 4. The van der Waals surface area contributed by atoms with Crippen LogP contribution in [0.25, 0.3) is 0 Å². The first kappa shape index (κ1) is 82.5. The molecular formula is C66H124O17P2. The molecule has 85 heavy (non-hydrogen) atoms. The van der Waals surface area contributed by atoms with Crippen LogP contribution in [-0.2, 0) is 65.4 Å². The summed E-state index contributed by atoms with van der Waals surface area (Å²) in [5, 5.41) is 10.5. The third kappa shape index (κ3) is 60.2. The molecule has 0 aliphatic heterocycles. The molecular weight excluding hydrogens is 1130 g/mol. The maximum absolute atomic E-state index is 13.0. The molecule has 0 spiro atoms. The second-order valence-corrected chi connectivity index (χ2v) is 27.5. The zero-order valence-electron chi connectivity index (χ0n) is 54.5. The normalized spacial score (nSPS) is 14.5. The van der Waals surface area contributed by atoms with Gasteiger partial charge in [0.25, 0.3) is 0 Å². The van der Waals surface area contributed by atoms with E-state index in [1.165, 1.54) is 89.9 Å². The van der Waals surface area contributed by atoms with E-state index in [9.17, 15) is 43.2 Å². The fourth-order valence-corrected chi connectivity index (χ4v) is 10.9. The summed E-state index contributed by atoms with van der Waals surface area (Å²) in [6, 6.07) is 0. The van der Waals surface area contributed by atoms with Crippen molar-refractivity contribution < 1.29 is 80.2 Å². The molecule has 2 unspecified atom stereocenters. The number of aliphatic hydroxyl groups excluding tert-OH is 1. The Morgan fingerprint density at radius 3 is 0.953 bits per heavy atom. The number of allylic oxidation sites excluding steroid dienone is 4. The summed E-state index contributed by atoms with van der Waals surface area (Å²) in [6.45, 7) is 11.5. The molecule has 0 aliphatic rings. The van der Waals surface area contributed by atoms with Crippen molar-refractivity contribution in [2.45, 2.75) is 317 Å². The SMILES string of the molecule is CCCCCC/C=C\C=C/CCCCCCCC(=O)O[C@H](COC(=O)CCCCCCCCC(C)C)COP(=O)(O)OC[C@H](O)COP(=O)(O)OC[C@@H](COC(=O)CCCCCCCCCCCC(C)C)OC(=O)CCCCCCCCC(C)C. The predicted octanol–water partition coefficient (Wildman–Crippen LogP) is 17.8. The number of hydrogen-bond donors (Lipinski definition) is 3. The van der Waals surface area contributed by atoms with Crippen molar-refractivity contribution in [3.63, 3.8) is 0 Å². The van der Waals surface area contributed by atoms with Crippen LogP contribution in [-0.4, -0.2) is 96.7 Å². The molecule has 0 heterocycles. The number of ether oxygens (including phenoxy) is 4. The van der Waals surface area contributed by atoms with Crippen molar-refractivity contribution >= 4 is 39.5 Å². The summed E-state index contributed by atoms with van der Waals surface area (Å²) in [5.74, 6) is -0.0842. The minimum Gasteiger partial charge on any atom is -0.462 e. The summed E-state index contributed by atoms with van der Waals surface area (Å²) in [6.07, 6.45) is 41.5. The molecule has 0 amide bonds. The Kier molecular flexibility index (Phi) is 55.1. The number of phosphoric ester groups is 2. The third-order valence-electron chi connectivity index (χ3n) is 14.5. The van der Waals surface area contributed by atoms with Gasteiger partial charge in [-0.25, -0.2) is 9.13 Å². The van der Waals surface area contributed by atoms with Crippen molar-refractivity contribution in [1.82, 2.24) is 0 Å². The Labute approximate surface area is 516 Å². The van der Waals surface area contributed by atoms with Crippen LogP contribution >= 0.6 is 15.6 Å². The number of carbonyl (C=O) groups is 4. The predicted molar refractivity (Wildman–Crippen MR) is 340 cm³/mol. The third-order valence-corrected chi connectivity index (χ3v) is 16.4. The smallest absolute Gasteiger partial charge is 0.462 e. The standard InChI is InChI=1S/C66H124O17P2/c1-8-9-10-11-12-13-14-15-16-17-18-21-25-35-42-49-65(70)82-61(54-77-64(69)48-41-34-28-26-31-38-45-58(4)5)55-80-84(72,73)78-51-60(67)52-79-85(74,75)81-56-62(83-66(71)50-43-36-29-27-32-39-46-59(6)7)53-76-63(68)47-40-33-24-22-19-20-23-30-37-44-57(2)3/h13-16,57-62,67H,8-12,17-56H2,1-7H3,(H,72,73)(H,74,75)/b14-13-,16-15-/t60-,61+,62+/m0/s1. The topological polar surface area (TPSA) is 237 Å². The van der Waals surface area contributed by atoms with Crippen LogP contribution in [0.1, 0.15) is 299 Å². The highest BCUT2D eigenvalue weighted by Gasteiger charge is 2.30. The molecule has 0 saturated heterocycles. The van der Waals surface area contributed by atoms with Crippen molar-refractivity contribution in [3.8, 4) is 0 Å². The average molecular weight is 1250 g/mol. The summed E-state index contributed by atoms with van der Waals surface area (Å²) in [4.78, 5) is 72.2. The van der Waals surface area contributed by atoms with Gasteiger partial charge in [0.05, 0.1) is 26.4 Å². The van der Waals surface area contributed by atoms with Gasteiger partial charge >= 0.3 is 39.5 Å². The molecule has 17 nitrogen and oxygen atoms in total. The lowest BCUT2D eigenvalue weighted by atomic mass is 10.0.